The molecule has 4 heteroatoms. The monoisotopic (exact) mass is 238 g/mol. The van der Waals surface area contributed by atoms with Gasteiger partial charge >= 0.3 is 0 Å². The Labute approximate surface area is 103 Å². The van der Waals surface area contributed by atoms with Crippen molar-refractivity contribution >= 4 is 0 Å². The molecule has 0 bridgehead atoms. The molecule has 0 unspecified atom stereocenters. The van der Waals surface area contributed by atoms with Gasteiger partial charge in [-0.1, -0.05) is 13.0 Å². The van der Waals surface area contributed by atoms with Gasteiger partial charge in [0.1, 0.15) is 0 Å². The quantitative estimate of drug-likeness (QED) is 0.706. The average Bonchev–Trinajstić information content (AvgIpc) is 2.36. The highest BCUT2D eigenvalue weighted by Gasteiger charge is 2.02. The molecule has 1 rings (SSSR count). The molecule has 4 nitrogen and oxygen atoms in total. The molecule has 96 valence electrons. The zero-order valence-corrected chi connectivity index (χ0v) is 10.9. The zero-order valence-electron chi connectivity index (χ0n) is 10.9. The Morgan fingerprint density at radius 2 is 2.18 bits per heavy atom. The van der Waals surface area contributed by atoms with Crippen LogP contribution in [0, 0.1) is 0 Å². The zero-order chi connectivity index (χ0) is 12.7. The summed E-state index contributed by atoms with van der Waals surface area (Å²) in [6.07, 6.45) is 0. The van der Waals surface area contributed by atoms with E-state index < -0.39 is 0 Å². The van der Waals surface area contributed by atoms with Gasteiger partial charge < -0.3 is 20.1 Å². The molecule has 1 aromatic carbocycles. The van der Waals surface area contributed by atoms with E-state index in [1.165, 1.54) is 0 Å². The number of aromatic hydroxyl groups is 1. The Hall–Kier alpha value is -1.26. The van der Waals surface area contributed by atoms with Crippen LogP contribution in [-0.2, 0) is 6.54 Å². The Morgan fingerprint density at radius 1 is 1.41 bits per heavy atom. The number of methoxy groups -OCH3 is 1. The molecule has 0 aliphatic carbocycles. The highest BCUT2D eigenvalue weighted by atomic mass is 16.5. The van der Waals surface area contributed by atoms with Crippen molar-refractivity contribution in [3.05, 3.63) is 23.8 Å². The standard InChI is InChI=1S/C13H22N2O2/c1-4-15(2)8-7-14-10-11-5-6-12(16)13(9-11)17-3/h5-6,9,14,16H,4,7-8,10H2,1-3H3. The van der Waals surface area contributed by atoms with Gasteiger partial charge in [-0.2, -0.15) is 0 Å². The highest BCUT2D eigenvalue weighted by Crippen LogP contribution is 2.25. The van der Waals surface area contributed by atoms with E-state index in [9.17, 15) is 5.11 Å². The average molecular weight is 238 g/mol. The van der Waals surface area contributed by atoms with E-state index in [0.29, 0.717) is 5.75 Å². The van der Waals surface area contributed by atoms with E-state index in [2.05, 4.69) is 24.2 Å². The SMILES string of the molecule is CCN(C)CCNCc1ccc(O)c(OC)c1. The Morgan fingerprint density at radius 3 is 2.82 bits per heavy atom. The van der Waals surface area contributed by atoms with Crippen molar-refractivity contribution in [1.29, 1.82) is 0 Å². The first-order valence-electron chi connectivity index (χ1n) is 5.92. The predicted molar refractivity (Wildman–Crippen MR) is 69.5 cm³/mol. The van der Waals surface area contributed by atoms with E-state index in [-0.39, 0.29) is 5.75 Å². The lowest BCUT2D eigenvalue weighted by Crippen LogP contribution is -2.28. The molecular weight excluding hydrogens is 216 g/mol. The normalized spacial score (nSPS) is 10.8. The molecule has 2 N–H and O–H groups in total. The summed E-state index contributed by atoms with van der Waals surface area (Å²) in [7, 11) is 3.66. The first-order valence-corrected chi connectivity index (χ1v) is 5.92. The molecule has 1 aromatic rings. The van der Waals surface area contributed by atoms with Crippen molar-refractivity contribution in [3.8, 4) is 11.5 Å². The fourth-order valence-corrected chi connectivity index (χ4v) is 1.49. The van der Waals surface area contributed by atoms with Crippen LogP contribution in [0.3, 0.4) is 0 Å². The largest absolute Gasteiger partial charge is 0.504 e. The smallest absolute Gasteiger partial charge is 0.160 e. The number of nitrogens with zero attached hydrogens (tertiary/aromatic N) is 1. The highest BCUT2D eigenvalue weighted by molar-refractivity contribution is 5.41. The van der Waals surface area contributed by atoms with Crippen LogP contribution in [0.4, 0.5) is 0 Å². The maximum Gasteiger partial charge on any atom is 0.160 e. The second-order valence-corrected chi connectivity index (χ2v) is 4.08. The predicted octanol–water partition coefficient (Wildman–Crippen LogP) is 1.44. The lowest BCUT2D eigenvalue weighted by molar-refractivity contribution is 0.348. The molecular formula is C13H22N2O2. The number of likely N-dealkylation sites (N-methyl/N-ethyl adjacent to an activating group) is 1. The fourth-order valence-electron chi connectivity index (χ4n) is 1.49. The third kappa shape index (κ3) is 4.63. The fraction of sp³-hybridized carbons (Fsp3) is 0.538. The third-order valence-electron chi connectivity index (χ3n) is 2.78. The van der Waals surface area contributed by atoms with E-state index in [4.69, 9.17) is 4.74 Å². The molecule has 0 radical (unpaired) electrons. The summed E-state index contributed by atoms with van der Waals surface area (Å²) in [5, 5.41) is 12.8. The summed E-state index contributed by atoms with van der Waals surface area (Å²) >= 11 is 0. The summed E-state index contributed by atoms with van der Waals surface area (Å²) in [6, 6.07) is 5.41. The van der Waals surface area contributed by atoms with Crippen molar-refractivity contribution < 1.29 is 9.84 Å². The van der Waals surface area contributed by atoms with Crippen molar-refractivity contribution in [3.63, 3.8) is 0 Å². The van der Waals surface area contributed by atoms with Crippen molar-refractivity contribution in [2.24, 2.45) is 0 Å². The Balaban J connectivity index is 2.36. The minimum Gasteiger partial charge on any atom is -0.504 e. The van der Waals surface area contributed by atoms with Gasteiger partial charge in [-0.05, 0) is 31.3 Å². The van der Waals surface area contributed by atoms with Crippen molar-refractivity contribution in [1.82, 2.24) is 10.2 Å². The summed E-state index contributed by atoms with van der Waals surface area (Å²) in [5.41, 5.74) is 1.11. The van der Waals surface area contributed by atoms with E-state index in [1.54, 1.807) is 13.2 Å². The first-order chi connectivity index (χ1) is 8.17. The van der Waals surface area contributed by atoms with Crippen LogP contribution in [0.25, 0.3) is 0 Å². The number of phenols is 1. The lowest BCUT2D eigenvalue weighted by atomic mass is 10.2. The molecule has 0 aliphatic rings. The Bertz CT molecular complexity index is 342. The number of ether oxygens (including phenoxy) is 1. The van der Waals surface area contributed by atoms with Crippen molar-refractivity contribution in [2.45, 2.75) is 13.5 Å². The first kappa shape index (κ1) is 13.8. The minimum absolute atomic E-state index is 0.182. The topological polar surface area (TPSA) is 44.7 Å². The number of nitrogens with one attached hydrogen (secondary N) is 1. The molecule has 0 aliphatic heterocycles. The van der Waals surface area contributed by atoms with Crippen LogP contribution in [0.1, 0.15) is 12.5 Å². The van der Waals surface area contributed by atoms with Gasteiger partial charge in [0.25, 0.3) is 0 Å². The van der Waals surface area contributed by atoms with Gasteiger partial charge in [-0.15, -0.1) is 0 Å². The molecule has 0 fully saturated rings. The summed E-state index contributed by atoms with van der Waals surface area (Å²) in [6.45, 7) is 5.98. The second kappa shape index (κ2) is 7.14. The molecule has 17 heavy (non-hydrogen) atoms. The molecule has 0 aromatic heterocycles. The number of rotatable bonds is 7. The van der Waals surface area contributed by atoms with Crippen LogP contribution in [0.2, 0.25) is 0 Å². The number of hydrogen-bond acceptors (Lipinski definition) is 4. The lowest BCUT2D eigenvalue weighted by Gasteiger charge is -2.14. The van der Waals surface area contributed by atoms with E-state index in [0.717, 1.165) is 31.7 Å². The van der Waals surface area contributed by atoms with Gasteiger partial charge in [-0.3, -0.25) is 0 Å². The second-order valence-electron chi connectivity index (χ2n) is 4.08. The summed E-state index contributed by atoms with van der Waals surface area (Å²) in [4.78, 5) is 2.25. The number of phenolic OH excluding ortho intramolecular Hbond substituents is 1. The van der Waals surface area contributed by atoms with E-state index >= 15 is 0 Å². The number of benzene rings is 1. The van der Waals surface area contributed by atoms with Gasteiger partial charge in [0.2, 0.25) is 0 Å². The molecule has 0 heterocycles. The third-order valence-corrected chi connectivity index (χ3v) is 2.78. The van der Waals surface area contributed by atoms with E-state index in [1.807, 2.05) is 12.1 Å². The van der Waals surface area contributed by atoms with Crippen LogP contribution < -0.4 is 10.1 Å². The molecule has 0 saturated heterocycles. The van der Waals surface area contributed by atoms with Crippen LogP contribution >= 0.6 is 0 Å². The number of hydrogen-bond donors (Lipinski definition) is 2. The maximum atomic E-state index is 9.46. The summed E-state index contributed by atoms with van der Waals surface area (Å²) in [5.74, 6) is 0.706. The van der Waals surface area contributed by atoms with Crippen molar-refractivity contribution in [2.75, 3.05) is 33.8 Å². The van der Waals surface area contributed by atoms with Crippen LogP contribution in [0.5, 0.6) is 11.5 Å². The van der Waals surface area contributed by atoms with Gasteiger partial charge in [0, 0.05) is 19.6 Å². The van der Waals surface area contributed by atoms with Gasteiger partial charge in [0.15, 0.2) is 11.5 Å². The minimum atomic E-state index is 0.182. The summed E-state index contributed by atoms with van der Waals surface area (Å²) < 4.78 is 5.06. The van der Waals surface area contributed by atoms with Gasteiger partial charge in [0.05, 0.1) is 7.11 Å². The maximum absolute atomic E-state index is 9.46. The molecule has 0 amide bonds. The van der Waals surface area contributed by atoms with Crippen LogP contribution in [0.15, 0.2) is 18.2 Å². The molecule has 0 atom stereocenters. The molecule has 0 spiro atoms. The van der Waals surface area contributed by atoms with Gasteiger partial charge in [-0.25, -0.2) is 0 Å². The van der Waals surface area contributed by atoms with Crippen LogP contribution in [-0.4, -0.2) is 43.8 Å². The molecule has 0 saturated carbocycles. The Kier molecular flexibility index (Phi) is 5.80.